The number of rotatable bonds is 5. The van der Waals surface area contributed by atoms with Gasteiger partial charge < -0.3 is 9.64 Å². The van der Waals surface area contributed by atoms with E-state index >= 15 is 0 Å². The lowest BCUT2D eigenvalue weighted by atomic mass is 9.86. The first-order valence-corrected chi connectivity index (χ1v) is 12.0. The van der Waals surface area contributed by atoms with Gasteiger partial charge in [-0.3, -0.25) is 19.7 Å². The van der Waals surface area contributed by atoms with Gasteiger partial charge in [0, 0.05) is 31.8 Å². The highest BCUT2D eigenvalue weighted by Gasteiger charge is 2.39. The van der Waals surface area contributed by atoms with Crippen LogP contribution in [-0.2, 0) is 25.3 Å². The van der Waals surface area contributed by atoms with Crippen molar-refractivity contribution >= 4 is 17.7 Å². The van der Waals surface area contributed by atoms with Gasteiger partial charge in [-0.25, -0.2) is 0 Å². The summed E-state index contributed by atoms with van der Waals surface area (Å²) < 4.78 is 46.4. The van der Waals surface area contributed by atoms with Crippen LogP contribution in [0.3, 0.4) is 0 Å². The maximum Gasteiger partial charge on any atom is 0.416 e. The third-order valence-corrected chi connectivity index (χ3v) is 6.86. The highest BCUT2D eigenvalue weighted by molar-refractivity contribution is 6.02. The molecule has 0 aliphatic carbocycles. The molecule has 0 spiro atoms. The third kappa shape index (κ3) is 5.95. The molecular weight excluding hydrogens is 473 g/mol. The molecule has 1 N–H and O–H groups in total. The molecule has 2 heterocycles. The van der Waals surface area contributed by atoms with Crippen LogP contribution in [0.25, 0.3) is 0 Å². The maximum atomic E-state index is 13.3. The number of likely N-dealkylation sites (tertiary alicyclic amines) is 1. The first kappa shape index (κ1) is 25.9. The first-order valence-electron chi connectivity index (χ1n) is 12.0. The molecule has 6 nitrogen and oxygen atoms in total. The van der Waals surface area contributed by atoms with E-state index in [4.69, 9.17) is 4.74 Å². The van der Waals surface area contributed by atoms with Crippen molar-refractivity contribution in [1.29, 1.82) is 0 Å². The molecule has 2 saturated heterocycles. The molecule has 0 bridgehead atoms. The molecular formula is C27H29F3N2O4. The molecule has 0 aromatic heterocycles. The van der Waals surface area contributed by atoms with Crippen LogP contribution < -0.4 is 5.32 Å². The number of benzene rings is 2. The normalized spacial score (nSPS) is 22.3. The monoisotopic (exact) mass is 502 g/mol. The highest BCUT2D eigenvalue weighted by Crippen LogP contribution is 2.36. The van der Waals surface area contributed by atoms with Crippen molar-refractivity contribution in [3.63, 3.8) is 0 Å². The van der Waals surface area contributed by atoms with Gasteiger partial charge in [0.25, 0.3) is 0 Å². The largest absolute Gasteiger partial charge is 0.416 e. The summed E-state index contributed by atoms with van der Waals surface area (Å²) >= 11 is 0. The topological polar surface area (TPSA) is 75.7 Å². The molecule has 2 aromatic rings. The van der Waals surface area contributed by atoms with Crippen molar-refractivity contribution in [2.24, 2.45) is 5.92 Å². The molecule has 0 saturated carbocycles. The molecule has 9 heteroatoms. The van der Waals surface area contributed by atoms with E-state index in [0.29, 0.717) is 30.6 Å². The fourth-order valence-electron chi connectivity index (χ4n) is 5.08. The zero-order chi connectivity index (χ0) is 26.0. The number of amides is 3. The third-order valence-electron chi connectivity index (χ3n) is 6.86. The maximum absolute atomic E-state index is 13.3. The Balaban J connectivity index is 1.54. The highest BCUT2D eigenvalue weighted by atomic mass is 19.4. The minimum atomic E-state index is -4.45. The van der Waals surface area contributed by atoms with Crippen molar-refractivity contribution < 1.29 is 32.3 Å². The Labute approximate surface area is 207 Å². The van der Waals surface area contributed by atoms with Crippen molar-refractivity contribution in [2.45, 2.75) is 57.4 Å². The van der Waals surface area contributed by atoms with Crippen molar-refractivity contribution in [3.05, 3.63) is 70.8 Å². The minimum Gasteiger partial charge on any atom is -0.370 e. The average molecular weight is 503 g/mol. The smallest absolute Gasteiger partial charge is 0.370 e. The molecule has 0 radical (unpaired) electrons. The number of hydrogen-bond acceptors (Lipinski definition) is 4. The van der Waals surface area contributed by atoms with Crippen LogP contribution in [0.1, 0.15) is 60.5 Å². The van der Waals surface area contributed by atoms with Gasteiger partial charge in [-0.2, -0.15) is 13.2 Å². The zero-order valence-corrected chi connectivity index (χ0v) is 20.2. The Morgan fingerprint density at radius 1 is 1.08 bits per heavy atom. The molecule has 2 fully saturated rings. The summed E-state index contributed by atoms with van der Waals surface area (Å²) in [6.45, 7) is 4.06. The average Bonchev–Trinajstić information content (AvgIpc) is 2.83. The minimum absolute atomic E-state index is 0.0249. The van der Waals surface area contributed by atoms with Crippen LogP contribution in [-0.4, -0.2) is 41.8 Å². The summed E-state index contributed by atoms with van der Waals surface area (Å²) in [5.74, 6) is -2.04. The van der Waals surface area contributed by atoms with Gasteiger partial charge in [0.15, 0.2) is 0 Å². The van der Waals surface area contributed by atoms with Gasteiger partial charge in [0.1, 0.15) is 0 Å². The Morgan fingerprint density at radius 3 is 2.39 bits per heavy atom. The van der Waals surface area contributed by atoms with Crippen molar-refractivity contribution in [2.75, 3.05) is 13.1 Å². The van der Waals surface area contributed by atoms with Crippen molar-refractivity contribution in [3.8, 4) is 0 Å². The van der Waals surface area contributed by atoms with E-state index in [0.717, 1.165) is 17.7 Å². The predicted octanol–water partition coefficient (Wildman–Crippen LogP) is 4.53. The van der Waals surface area contributed by atoms with Gasteiger partial charge in [0.05, 0.1) is 23.7 Å². The van der Waals surface area contributed by atoms with Crippen LogP contribution in [0.2, 0.25) is 0 Å². The molecule has 4 rings (SSSR count). The Kier molecular flexibility index (Phi) is 7.49. The van der Waals surface area contributed by atoms with E-state index in [1.165, 1.54) is 0 Å². The van der Waals surface area contributed by atoms with Gasteiger partial charge in [-0.1, -0.05) is 42.0 Å². The van der Waals surface area contributed by atoms with E-state index in [-0.39, 0.29) is 30.8 Å². The van der Waals surface area contributed by atoms with Crippen LogP contribution in [0.4, 0.5) is 13.2 Å². The molecule has 2 aliphatic heterocycles. The molecule has 192 valence electrons. The molecule has 3 amide bonds. The van der Waals surface area contributed by atoms with E-state index in [1.807, 2.05) is 30.3 Å². The summed E-state index contributed by atoms with van der Waals surface area (Å²) in [7, 11) is 0. The molecule has 3 atom stereocenters. The summed E-state index contributed by atoms with van der Waals surface area (Å²) in [6.07, 6.45) is -4.95. The van der Waals surface area contributed by atoms with Crippen LogP contribution in [0, 0.1) is 12.8 Å². The first-order chi connectivity index (χ1) is 17.0. The second-order valence-corrected chi connectivity index (χ2v) is 9.61. The lowest BCUT2D eigenvalue weighted by molar-refractivity contribution is -0.148. The second kappa shape index (κ2) is 10.4. The standard InChI is InChI=1S/C27H29F3N2O4/c1-16-10-19(12-21(11-16)27(28,29)30)17(2)36-23-8-9-32(15-22(23)18-6-4-3-5-7-18)26(35)20-13-24(33)31-25(34)14-20/h3-7,10-12,17,20,22-23H,8-9,13-15H2,1-2H3,(H,31,33,34)/t17-,22+,23+/m1/s1. The summed E-state index contributed by atoms with van der Waals surface area (Å²) in [6, 6.07) is 13.5. The second-order valence-electron chi connectivity index (χ2n) is 9.61. The number of piperidine rings is 2. The number of aryl methyl sites for hydroxylation is 1. The summed E-state index contributed by atoms with van der Waals surface area (Å²) in [5.41, 5.74) is 1.18. The number of nitrogens with zero attached hydrogens (tertiary/aromatic N) is 1. The lowest BCUT2D eigenvalue weighted by Gasteiger charge is -2.41. The molecule has 0 unspecified atom stereocenters. The van der Waals surface area contributed by atoms with Gasteiger partial charge >= 0.3 is 6.18 Å². The SMILES string of the molecule is Cc1cc([C@@H](C)O[C@H]2CCN(C(=O)C3CC(=O)NC(=O)C3)C[C@H]2c2ccccc2)cc(C(F)(F)F)c1. The number of nitrogens with one attached hydrogen (secondary N) is 1. The van der Waals surface area contributed by atoms with Crippen LogP contribution in [0.5, 0.6) is 0 Å². The van der Waals surface area contributed by atoms with Gasteiger partial charge in [-0.15, -0.1) is 0 Å². The Bertz CT molecular complexity index is 1120. The number of carbonyl (C=O) groups is 3. The van der Waals surface area contributed by atoms with E-state index in [9.17, 15) is 27.6 Å². The fourth-order valence-corrected chi connectivity index (χ4v) is 5.08. The lowest BCUT2D eigenvalue weighted by Crippen LogP contribution is -2.50. The van der Waals surface area contributed by atoms with Gasteiger partial charge in [-0.05, 0) is 43.5 Å². The number of ether oxygens (including phenoxy) is 1. The number of halogens is 3. The quantitative estimate of drug-likeness (QED) is 0.610. The fraction of sp³-hybridized carbons (Fsp3) is 0.444. The van der Waals surface area contributed by atoms with Crippen molar-refractivity contribution in [1.82, 2.24) is 10.2 Å². The van der Waals surface area contributed by atoms with Crippen LogP contribution in [0.15, 0.2) is 48.5 Å². The van der Waals surface area contributed by atoms with Gasteiger partial charge in [0.2, 0.25) is 17.7 Å². The molecule has 2 aromatic carbocycles. The number of hydrogen-bond donors (Lipinski definition) is 1. The Morgan fingerprint density at radius 2 is 1.75 bits per heavy atom. The van der Waals surface area contributed by atoms with Crippen LogP contribution >= 0.6 is 0 Å². The number of carbonyl (C=O) groups excluding carboxylic acids is 3. The summed E-state index contributed by atoms with van der Waals surface area (Å²) in [4.78, 5) is 38.4. The van der Waals surface area contributed by atoms with E-state index in [1.54, 1.807) is 24.8 Å². The predicted molar refractivity (Wildman–Crippen MR) is 126 cm³/mol. The zero-order valence-electron chi connectivity index (χ0n) is 20.2. The Hall–Kier alpha value is -3.20. The van der Waals surface area contributed by atoms with E-state index in [2.05, 4.69) is 5.32 Å². The molecule has 36 heavy (non-hydrogen) atoms. The number of imide groups is 1. The van der Waals surface area contributed by atoms with E-state index < -0.39 is 35.6 Å². The number of alkyl halides is 3. The summed E-state index contributed by atoms with van der Waals surface area (Å²) in [5, 5.41) is 2.22. The molecule has 2 aliphatic rings.